The highest BCUT2D eigenvalue weighted by Crippen LogP contribution is 2.30. The molecule has 3 rings (SSSR count). The molecule has 0 radical (unpaired) electrons. The lowest BCUT2D eigenvalue weighted by Gasteiger charge is -2.14. The number of nitrogens with zero attached hydrogens (tertiary/aromatic N) is 5. The number of anilines is 1. The minimum Gasteiger partial charge on any atom is -0.495 e. The molecule has 0 aliphatic carbocycles. The molecule has 10 nitrogen and oxygen atoms in total. The molecule has 11 heteroatoms. The maximum absolute atomic E-state index is 12.7. The number of carbonyl (C=O) groups excluding carboxylic acids is 1. The zero-order valence-electron chi connectivity index (χ0n) is 16.8. The summed E-state index contributed by atoms with van der Waals surface area (Å²) in [6, 6.07) is 9.85. The van der Waals surface area contributed by atoms with E-state index in [2.05, 4.69) is 20.8 Å². The third-order valence-electron chi connectivity index (χ3n) is 4.48. The Morgan fingerprint density at radius 1 is 1.23 bits per heavy atom. The lowest BCUT2D eigenvalue weighted by molar-refractivity contribution is -0.384. The van der Waals surface area contributed by atoms with Gasteiger partial charge in [0.05, 0.1) is 28.7 Å². The smallest absolute Gasteiger partial charge is 0.271 e. The minimum absolute atomic E-state index is 0.148. The highest BCUT2D eigenvalue weighted by atomic mass is 32.2. The maximum atomic E-state index is 12.7. The number of benzene rings is 2. The van der Waals surface area contributed by atoms with Gasteiger partial charge in [-0.3, -0.25) is 14.9 Å². The third-order valence-corrected chi connectivity index (χ3v) is 5.51. The molecular weight excluding hydrogens is 408 g/mol. The highest BCUT2D eigenvalue weighted by molar-refractivity contribution is 8.00. The first-order valence-electron chi connectivity index (χ1n) is 8.96. The molecule has 0 fully saturated rings. The summed E-state index contributed by atoms with van der Waals surface area (Å²) in [4.78, 5) is 23.2. The van der Waals surface area contributed by atoms with Crippen LogP contribution in [0, 0.1) is 24.0 Å². The van der Waals surface area contributed by atoms with E-state index in [0.717, 1.165) is 16.8 Å². The Morgan fingerprint density at radius 2 is 2.00 bits per heavy atom. The van der Waals surface area contributed by atoms with Crippen molar-refractivity contribution in [1.29, 1.82) is 0 Å². The van der Waals surface area contributed by atoms with Gasteiger partial charge in [-0.1, -0.05) is 17.8 Å². The number of nitro benzene ring substituents is 1. The van der Waals surface area contributed by atoms with Crippen LogP contribution in [0.25, 0.3) is 5.69 Å². The molecule has 0 spiro atoms. The number of nitrogens with one attached hydrogen (secondary N) is 1. The molecule has 1 N–H and O–H groups in total. The second kappa shape index (κ2) is 8.91. The first-order valence-corrected chi connectivity index (χ1v) is 9.84. The third kappa shape index (κ3) is 4.57. The number of amides is 1. The first kappa shape index (κ1) is 21.2. The molecule has 2 aromatic carbocycles. The van der Waals surface area contributed by atoms with Crippen molar-refractivity contribution in [2.45, 2.75) is 31.2 Å². The predicted octanol–water partition coefficient (Wildman–Crippen LogP) is 3.32. The van der Waals surface area contributed by atoms with Crippen LogP contribution in [-0.4, -0.2) is 43.4 Å². The average Bonchev–Trinajstić information content (AvgIpc) is 3.17. The van der Waals surface area contributed by atoms with Crippen molar-refractivity contribution in [3.05, 3.63) is 57.6 Å². The summed E-state index contributed by atoms with van der Waals surface area (Å²) in [5, 5.41) is 25.3. The summed E-state index contributed by atoms with van der Waals surface area (Å²) in [6.45, 7) is 5.71. The van der Waals surface area contributed by atoms with Crippen LogP contribution in [0.15, 0.2) is 41.6 Å². The van der Waals surface area contributed by atoms with Gasteiger partial charge in [0, 0.05) is 12.1 Å². The SMILES string of the molecule is COc1ccc([N+](=O)[O-])cc1NC(=O)C(C)Sc1nnnn1-c1ccc(C)c(C)c1. The molecule has 1 aromatic heterocycles. The number of nitro groups is 1. The van der Waals surface area contributed by atoms with Gasteiger partial charge in [-0.25, -0.2) is 0 Å². The normalized spacial score (nSPS) is 11.7. The molecular formula is C19H20N6O4S. The molecule has 1 amide bonds. The number of non-ortho nitro benzene ring substituents is 1. The van der Waals surface area contributed by atoms with Gasteiger partial charge >= 0.3 is 0 Å². The average molecular weight is 428 g/mol. The highest BCUT2D eigenvalue weighted by Gasteiger charge is 2.21. The first-order chi connectivity index (χ1) is 14.3. The molecule has 1 atom stereocenters. The van der Waals surface area contributed by atoms with Gasteiger partial charge in [0.25, 0.3) is 5.69 Å². The fourth-order valence-electron chi connectivity index (χ4n) is 2.63. The predicted molar refractivity (Wildman–Crippen MR) is 112 cm³/mol. The zero-order chi connectivity index (χ0) is 21.8. The van der Waals surface area contributed by atoms with Crippen molar-refractivity contribution in [2.75, 3.05) is 12.4 Å². The number of hydrogen-bond acceptors (Lipinski definition) is 8. The molecule has 0 saturated carbocycles. The van der Waals surface area contributed by atoms with E-state index in [4.69, 9.17) is 4.74 Å². The fraction of sp³-hybridized carbons (Fsp3) is 0.263. The van der Waals surface area contributed by atoms with Gasteiger partial charge < -0.3 is 10.1 Å². The van der Waals surface area contributed by atoms with Crippen LogP contribution >= 0.6 is 11.8 Å². The number of aromatic nitrogens is 4. The Hall–Kier alpha value is -3.47. The molecule has 3 aromatic rings. The van der Waals surface area contributed by atoms with Gasteiger partial charge in [0.15, 0.2) is 0 Å². The van der Waals surface area contributed by atoms with Crippen molar-refractivity contribution < 1.29 is 14.5 Å². The van der Waals surface area contributed by atoms with Crippen molar-refractivity contribution in [2.24, 2.45) is 0 Å². The van der Waals surface area contributed by atoms with Gasteiger partial charge in [-0.05, 0) is 60.5 Å². The van der Waals surface area contributed by atoms with Gasteiger partial charge in [-0.2, -0.15) is 4.68 Å². The number of thioether (sulfide) groups is 1. The van der Waals surface area contributed by atoms with E-state index < -0.39 is 10.2 Å². The van der Waals surface area contributed by atoms with E-state index in [9.17, 15) is 14.9 Å². The van der Waals surface area contributed by atoms with Crippen LogP contribution in [0.1, 0.15) is 18.1 Å². The number of ether oxygens (including phenoxy) is 1. The summed E-state index contributed by atoms with van der Waals surface area (Å²) >= 11 is 1.17. The molecule has 1 unspecified atom stereocenters. The molecule has 1 heterocycles. The van der Waals surface area contributed by atoms with E-state index in [1.165, 1.54) is 37.1 Å². The van der Waals surface area contributed by atoms with Crippen LogP contribution in [0.4, 0.5) is 11.4 Å². The monoisotopic (exact) mass is 428 g/mol. The number of carbonyl (C=O) groups is 1. The molecule has 0 bridgehead atoms. The summed E-state index contributed by atoms with van der Waals surface area (Å²) in [7, 11) is 1.42. The van der Waals surface area contributed by atoms with E-state index in [1.807, 2.05) is 32.0 Å². The quantitative estimate of drug-likeness (QED) is 0.345. The lowest BCUT2D eigenvalue weighted by atomic mass is 10.1. The lowest BCUT2D eigenvalue weighted by Crippen LogP contribution is -2.23. The van der Waals surface area contributed by atoms with Gasteiger partial charge in [-0.15, -0.1) is 5.10 Å². The van der Waals surface area contributed by atoms with E-state index in [0.29, 0.717) is 10.9 Å². The molecule has 156 valence electrons. The van der Waals surface area contributed by atoms with Crippen molar-refractivity contribution in [1.82, 2.24) is 20.2 Å². The van der Waals surface area contributed by atoms with E-state index in [-0.39, 0.29) is 17.3 Å². The van der Waals surface area contributed by atoms with Gasteiger partial charge in [0.2, 0.25) is 11.1 Å². The zero-order valence-corrected chi connectivity index (χ0v) is 17.6. The molecule has 0 aliphatic heterocycles. The Kier molecular flexibility index (Phi) is 6.31. The molecule has 30 heavy (non-hydrogen) atoms. The van der Waals surface area contributed by atoms with Crippen molar-refractivity contribution in [3.8, 4) is 11.4 Å². The molecule has 0 saturated heterocycles. The van der Waals surface area contributed by atoms with E-state index >= 15 is 0 Å². The van der Waals surface area contributed by atoms with Crippen molar-refractivity contribution in [3.63, 3.8) is 0 Å². The van der Waals surface area contributed by atoms with E-state index in [1.54, 1.807) is 11.6 Å². The largest absolute Gasteiger partial charge is 0.495 e. The summed E-state index contributed by atoms with van der Waals surface area (Å²) in [5.74, 6) is -0.0421. The number of hydrogen-bond donors (Lipinski definition) is 1. The number of rotatable bonds is 7. The Labute approximate surface area is 176 Å². The summed E-state index contributed by atoms with van der Waals surface area (Å²) in [6.07, 6.45) is 0. The standard InChI is InChI=1S/C19H20N6O4S/c1-11-5-6-14(9-12(11)2)24-19(21-22-23-24)30-13(3)18(26)20-16-10-15(25(27)28)7-8-17(16)29-4/h5-10,13H,1-4H3,(H,20,26). The van der Waals surface area contributed by atoms with Crippen LogP contribution in [0.2, 0.25) is 0 Å². The Morgan fingerprint density at radius 3 is 2.67 bits per heavy atom. The molecule has 0 aliphatic rings. The van der Waals surface area contributed by atoms with Crippen LogP contribution in [0.3, 0.4) is 0 Å². The van der Waals surface area contributed by atoms with Crippen LogP contribution in [-0.2, 0) is 4.79 Å². The number of tetrazole rings is 1. The number of methoxy groups -OCH3 is 1. The van der Waals surface area contributed by atoms with Crippen molar-refractivity contribution >= 4 is 29.0 Å². The fourth-order valence-corrected chi connectivity index (χ4v) is 3.43. The second-order valence-electron chi connectivity index (χ2n) is 6.53. The second-order valence-corrected chi connectivity index (χ2v) is 7.84. The number of aryl methyl sites for hydroxylation is 2. The van der Waals surface area contributed by atoms with Gasteiger partial charge in [0.1, 0.15) is 5.75 Å². The summed E-state index contributed by atoms with van der Waals surface area (Å²) in [5.41, 5.74) is 3.11. The Bertz CT molecular complexity index is 1100. The summed E-state index contributed by atoms with van der Waals surface area (Å²) < 4.78 is 6.75. The topological polar surface area (TPSA) is 125 Å². The minimum atomic E-state index is -0.578. The van der Waals surface area contributed by atoms with Crippen LogP contribution in [0.5, 0.6) is 5.75 Å². The Balaban J connectivity index is 1.78. The van der Waals surface area contributed by atoms with Crippen LogP contribution < -0.4 is 10.1 Å². The maximum Gasteiger partial charge on any atom is 0.271 e.